The topological polar surface area (TPSA) is 12.9 Å². The highest BCUT2D eigenvalue weighted by atomic mass is 19.1. The van der Waals surface area contributed by atoms with Gasteiger partial charge in [0.15, 0.2) is 0 Å². The van der Waals surface area contributed by atoms with E-state index in [2.05, 4.69) is 4.98 Å². The number of rotatable bonds is 0. The summed E-state index contributed by atoms with van der Waals surface area (Å²) in [5.41, 5.74) is 2.80. The molecule has 13 heavy (non-hydrogen) atoms. The third kappa shape index (κ3) is 1.39. The predicted octanol–water partition coefficient (Wildman–Crippen LogP) is 2.99. The molecule has 0 radical (unpaired) electrons. The number of benzene rings is 1. The van der Waals surface area contributed by atoms with E-state index < -0.39 is 0 Å². The zero-order chi connectivity index (χ0) is 9.42. The first-order chi connectivity index (χ1) is 6.16. The van der Waals surface area contributed by atoms with Crippen molar-refractivity contribution in [2.75, 3.05) is 0 Å². The molecule has 1 heterocycles. The Balaban J connectivity index is 2.86. The van der Waals surface area contributed by atoms with Crippen LogP contribution in [0.15, 0.2) is 24.3 Å². The molecule has 0 amide bonds. The molecule has 0 atom stereocenters. The molecule has 0 aliphatic rings. The lowest BCUT2D eigenvalue weighted by Gasteiger charge is -2.02. The molecule has 0 bridgehead atoms. The van der Waals surface area contributed by atoms with Gasteiger partial charge in [-0.3, -0.25) is 4.98 Å². The van der Waals surface area contributed by atoms with Gasteiger partial charge in [0.2, 0.25) is 0 Å². The Kier molecular flexibility index (Phi) is 1.76. The highest BCUT2D eigenvalue weighted by molar-refractivity contribution is 5.82. The Morgan fingerprint density at radius 3 is 2.69 bits per heavy atom. The summed E-state index contributed by atoms with van der Waals surface area (Å²) in [7, 11) is 0. The van der Waals surface area contributed by atoms with E-state index in [4.69, 9.17) is 0 Å². The third-order valence-electron chi connectivity index (χ3n) is 2.11. The summed E-state index contributed by atoms with van der Waals surface area (Å²) in [6, 6.07) is 6.70. The van der Waals surface area contributed by atoms with Crippen molar-refractivity contribution in [1.29, 1.82) is 0 Å². The highest BCUT2D eigenvalue weighted by Gasteiger charge is 2.00. The largest absolute Gasteiger partial charge is 0.253 e. The van der Waals surface area contributed by atoms with Gasteiger partial charge in [0.05, 0.1) is 5.52 Å². The van der Waals surface area contributed by atoms with Crippen LogP contribution in [-0.2, 0) is 0 Å². The maximum atomic E-state index is 12.9. The number of halogens is 1. The van der Waals surface area contributed by atoms with Crippen LogP contribution in [0.5, 0.6) is 0 Å². The first-order valence-electron chi connectivity index (χ1n) is 4.20. The minimum atomic E-state index is -0.231. The zero-order valence-electron chi connectivity index (χ0n) is 7.63. The summed E-state index contributed by atoms with van der Waals surface area (Å²) in [4.78, 5) is 4.26. The van der Waals surface area contributed by atoms with E-state index in [0.29, 0.717) is 0 Å². The fourth-order valence-corrected chi connectivity index (χ4v) is 1.54. The molecule has 1 aromatic carbocycles. The van der Waals surface area contributed by atoms with Crippen molar-refractivity contribution in [3.8, 4) is 0 Å². The van der Waals surface area contributed by atoms with Crippen molar-refractivity contribution in [2.45, 2.75) is 13.8 Å². The SMILES string of the molecule is Cc1cc(C)c2ccc(F)cc2n1. The van der Waals surface area contributed by atoms with E-state index >= 15 is 0 Å². The summed E-state index contributed by atoms with van der Waals surface area (Å²) in [5.74, 6) is -0.231. The lowest BCUT2D eigenvalue weighted by Crippen LogP contribution is -1.87. The van der Waals surface area contributed by atoms with Crippen LogP contribution in [0.25, 0.3) is 10.9 Å². The summed E-state index contributed by atoms with van der Waals surface area (Å²) in [5, 5.41) is 1.02. The number of hydrogen-bond donors (Lipinski definition) is 0. The quantitative estimate of drug-likeness (QED) is 0.599. The van der Waals surface area contributed by atoms with Gasteiger partial charge in [-0.15, -0.1) is 0 Å². The van der Waals surface area contributed by atoms with E-state index in [1.54, 1.807) is 6.07 Å². The van der Waals surface area contributed by atoms with Gasteiger partial charge in [0.1, 0.15) is 5.82 Å². The Morgan fingerprint density at radius 2 is 1.92 bits per heavy atom. The second-order valence-electron chi connectivity index (χ2n) is 3.24. The lowest BCUT2D eigenvalue weighted by atomic mass is 10.1. The highest BCUT2D eigenvalue weighted by Crippen LogP contribution is 2.18. The second-order valence-corrected chi connectivity index (χ2v) is 3.24. The molecule has 0 unspecified atom stereocenters. The van der Waals surface area contributed by atoms with Crippen LogP contribution in [0.3, 0.4) is 0 Å². The molecule has 0 aliphatic heterocycles. The van der Waals surface area contributed by atoms with Gasteiger partial charge in [0.25, 0.3) is 0 Å². The van der Waals surface area contributed by atoms with Crippen molar-refractivity contribution >= 4 is 10.9 Å². The summed E-state index contributed by atoms with van der Waals surface area (Å²) in [6.45, 7) is 3.92. The maximum Gasteiger partial charge on any atom is 0.125 e. The molecular weight excluding hydrogens is 165 g/mol. The van der Waals surface area contributed by atoms with Gasteiger partial charge in [-0.05, 0) is 37.6 Å². The van der Waals surface area contributed by atoms with E-state index in [9.17, 15) is 4.39 Å². The molecule has 1 aromatic heterocycles. The van der Waals surface area contributed by atoms with Crippen molar-refractivity contribution in [3.05, 3.63) is 41.3 Å². The van der Waals surface area contributed by atoms with E-state index in [1.165, 1.54) is 12.1 Å². The third-order valence-corrected chi connectivity index (χ3v) is 2.11. The molecule has 0 saturated carbocycles. The smallest absolute Gasteiger partial charge is 0.125 e. The van der Waals surface area contributed by atoms with Gasteiger partial charge in [-0.2, -0.15) is 0 Å². The number of nitrogens with zero attached hydrogens (tertiary/aromatic N) is 1. The number of pyridine rings is 1. The molecule has 0 aliphatic carbocycles. The fourth-order valence-electron chi connectivity index (χ4n) is 1.54. The number of aryl methyl sites for hydroxylation is 2. The molecule has 0 spiro atoms. The van der Waals surface area contributed by atoms with Gasteiger partial charge < -0.3 is 0 Å². The molecular formula is C11H10FN. The Labute approximate surface area is 76.2 Å². The summed E-state index contributed by atoms with van der Waals surface area (Å²) in [6.07, 6.45) is 0. The van der Waals surface area contributed by atoms with Gasteiger partial charge >= 0.3 is 0 Å². The van der Waals surface area contributed by atoms with E-state index in [-0.39, 0.29) is 5.82 Å². The van der Waals surface area contributed by atoms with E-state index in [1.807, 2.05) is 19.9 Å². The first kappa shape index (κ1) is 8.17. The second kappa shape index (κ2) is 2.80. The molecule has 2 heteroatoms. The number of fused-ring (bicyclic) bond motifs is 1. The predicted molar refractivity (Wildman–Crippen MR) is 51.2 cm³/mol. The zero-order valence-corrected chi connectivity index (χ0v) is 7.63. The average molecular weight is 175 g/mol. The van der Waals surface area contributed by atoms with Gasteiger partial charge in [-0.25, -0.2) is 4.39 Å². The minimum Gasteiger partial charge on any atom is -0.253 e. The van der Waals surface area contributed by atoms with Crippen LogP contribution in [0.2, 0.25) is 0 Å². The lowest BCUT2D eigenvalue weighted by molar-refractivity contribution is 0.629. The summed E-state index contributed by atoms with van der Waals surface area (Å²) < 4.78 is 12.9. The monoisotopic (exact) mass is 175 g/mol. The Hall–Kier alpha value is -1.44. The van der Waals surface area contributed by atoms with Crippen LogP contribution >= 0.6 is 0 Å². The molecule has 0 saturated heterocycles. The minimum absolute atomic E-state index is 0.231. The maximum absolute atomic E-state index is 12.9. The van der Waals surface area contributed by atoms with Gasteiger partial charge in [-0.1, -0.05) is 0 Å². The molecule has 0 N–H and O–H groups in total. The van der Waals surface area contributed by atoms with Crippen LogP contribution in [-0.4, -0.2) is 4.98 Å². The molecule has 0 fully saturated rings. The molecule has 66 valence electrons. The van der Waals surface area contributed by atoms with Crippen molar-refractivity contribution < 1.29 is 4.39 Å². The van der Waals surface area contributed by atoms with Crippen molar-refractivity contribution in [2.24, 2.45) is 0 Å². The van der Waals surface area contributed by atoms with Crippen LogP contribution in [0.4, 0.5) is 4.39 Å². The Bertz CT molecular complexity index is 458. The van der Waals surface area contributed by atoms with Crippen LogP contribution in [0.1, 0.15) is 11.3 Å². The Morgan fingerprint density at radius 1 is 1.15 bits per heavy atom. The number of hydrogen-bond acceptors (Lipinski definition) is 1. The summed E-state index contributed by atoms with van der Waals surface area (Å²) >= 11 is 0. The normalized spacial score (nSPS) is 10.7. The van der Waals surface area contributed by atoms with Crippen LogP contribution < -0.4 is 0 Å². The number of aromatic nitrogens is 1. The molecule has 1 nitrogen and oxygen atoms in total. The fraction of sp³-hybridized carbons (Fsp3) is 0.182. The molecule has 2 rings (SSSR count). The van der Waals surface area contributed by atoms with Crippen LogP contribution in [0, 0.1) is 19.7 Å². The van der Waals surface area contributed by atoms with Crippen molar-refractivity contribution in [3.63, 3.8) is 0 Å². The average Bonchev–Trinajstić information content (AvgIpc) is 2.02. The van der Waals surface area contributed by atoms with Crippen molar-refractivity contribution in [1.82, 2.24) is 4.98 Å². The standard InChI is InChI=1S/C11H10FN/c1-7-5-8(2)13-11-6-9(12)3-4-10(7)11/h3-6H,1-2H3. The van der Waals surface area contributed by atoms with E-state index in [0.717, 1.165) is 22.2 Å². The van der Waals surface area contributed by atoms with Gasteiger partial charge in [0, 0.05) is 17.1 Å². The molecule has 2 aromatic rings. The first-order valence-corrected chi connectivity index (χ1v) is 4.20.